The smallest absolute Gasteiger partial charge is 0.223 e. The number of carbonyl (C=O) groups is 2. The first-order chi connectivity index (χ1) is 12.5. The topological polar surface area (TPSA) is 59.1 Å². The van der Waals surface area contributed by atoms with E-state index in [-0.39, 0.29) is 17.7 Å². The van der Waals surface area contributed by atoms with Crippen LogP contribution in [0.4, 0.5) is 0 Å². The second kappa shape index (κ2) is 13.2. The Morgan fingerprint density at radius 3 is 2.19 bits per heavy atom. The van der Waals surface area contributed by atoms with Gasteiger partial charge in [-0.1, -0.05) is 6.92 Å². The molecule has 0 bridgehead atoms. The Hall–Kier alpha value is -0.980. The first-order valence-corrected chi connectivity index (χ1v) is 10.1. The molecule has 6 nitrogen and oxygen atoms in total. The van der Waals surface area contributed by atoms with Crippen molar-refractivity contribution in [3.63, 3.8) is 0 Å². The zero-order valence-electron chi connectivity index (χ0n) is 17.2. The number of rotatable bonds is 13. The molecule has 152 valence electrons. The molecule has 6 heteroatoms. The van der Waals surface area contributed by atoms with Crippen molar-refractivity contribution in [3.8, 4) is 0 Å². The molecule has 1 heterocycles. The van der Waals surface area contributed by atoms with Gasteiger partial charge in [-0.05, 0) is 40.0 Å². The maximum Gasteiger partial charge on any atom is 0.223 e. The fourth-order valence-corrected chi connectivity index (χ4v) is 3.28. The highest BCUT2D eigenvalue weighted by molar-refractivity contribution is 5.83. The van der Waals surface area contributed by atoms with Crippen molar-refractivity contribution in [1.29, 1.82) is 0 Å². The van der Waals surface area contributed by atoms with Crippen LogP contribution in [-0.4, -0.2) is 79.6 Å². The monoisotopic (exact) mass is 370 g/mol. The molecule has 0 radical (unpaired) electrons. The van der Waals surface area contributed by atoms with Gasteiger partial charge in [0.25, 0.3) is 0 Å². The van der Waals surface area contributed by atoms with Gasteiger partial charge in [0.05, 0.1) is 19.8 Å². The zero-order valence-corrected chi connectivity index (χ0v) is 17.2. The molecule has 1 saturated heterocycles. The molecule has 0 unspecified atom stereocenters. The second-order valence-corrected chi connectivity index (χ2v) is 7.37. The van der Waals surface area contributed by atoms with Gasteiger partial charge in [-0.3, -0.25) is 4.79 Å². The van der Waals surface area contributed by atoms with Gasteiger partial charge < -0.3 is 24.1 Å². The average Bonchev–Trinajstić information content (AvgIpc) is 2.62. The number of hydrogen-bond donors (Lipinski definition) is 0. The fraction of sp³-hybridized carbons (Fsp3) is 0.900. The van der Waals surface area contributed by atoms with E-state index in [9.17, 15) is 9.59 Å². The number of amides is 1. The first kappa shape index (κ1) is 23.1. The molecule has 0 aromatic rings. The molecule has 0 aromatic carbocycles. The van der Waals surface area contributed by atoms with Gasteiger partial charge in [-0.15, -0.1) is 0 Å². The van der Waals surface area contributed by atoms with Crippen molar-refractivity contribution < 1.29 is 19.1 Å². The lowest BCUT2D eigenvalue weighted by atomic mass is 10.0. The number of piperidine rings is 1. The molecule has 1 aliphatic rings. The maximum absolute atomic E-state index is 12.6. The summed E-state index contributed by atoms with van der Waals surface area (Å²) in [6.07, 6.45) is 3.62. The minimum Gasteiger partial charge on any atom is -0.379 e. The van der Waals surface area contributed by atoms with Gasteiger partial charge in [0.1, 0.15) is 5.78 Å². The molecule has 0 spiro atoms. The van der Waals surface area contributed by atoms with E-state index in [1.807, 2.05) is 4.90 Å². The Bertz CT molecular complexity index is 407. The third-order valence-corrected chi connectivity index (χ3v) is 4.88. The summed E-state index contributed by atoms with van der Waals surface area (Å²) < 4.78 is 11.0. The van der Waals surface area contributed by atoms with Crippen LogP contribution < -0.4 is 0 Å². The van der Waals surface area contributed by atoms with E-state index in [4.69, 9.17) is 9.47 Å². The molecule has 1 amide bonds. The van der Waals surface area contributed by atoms with Crippen molar-refractivity contribution in [2.75, 3.05) is 46.1 Å². The summed E-state index contributed by atoms with van der Waals surface area (Å²) in [6, 6.07) is 0.800. The van der Waals surface area contributed by atoms with E-state index >= 15 is 0 Å². The molecule has 0 saturated carbocycles. The molecular formula is C20H38N2O4. The summed E-state index contributed by atoms with van der Waals surface area (Å²) in [6.45, 7) is 13.1. The predicted octanol–water partition coefficient (Wildman–Crippen LogP) is 2.50. The molecule has 1 fully saturated rings. The van der Waals surface area contributed by atoms with Crippen molar-refractivity contribution in [3.05, 3.63) is 0 Å². The molecule has 0 atom stereocenters. The largest absolute Gasteiger partial charge is 0.379 e. The lowest BCUT2D eigenvalue weighted by Gasteiger charge is -2.40. The van der Waals surface area contributed by atoms with Crippen LogP contribution in [0.3, 0.4) is 0 Å². The van der Waals surface area contributed by atoms with Gasteiger partial charge in [0.15, 0.2) is 0 Å². The van der Waals surface area contributed by atoms with Crippen molar-refractivity contribution in [1.82, 2.24) is 9.80 Å². The Morgan fingerprint density at radius 1 is 1.04 bits per heavy atom. The SMILES string of the molecule is CCCOCCOCCN(C(=O)CCC(C)=O)C1CCN(C(C)C)CC1. The van der Waals surface area contributed by atoms with Crippen LogP contribution in [0.15, 0.2) is 0 Å². The van der Waals surface area contributed by atoms with E-state index in [0.717, 1.165) is 39.0 Å². The van der Waals surface area contributed by atoms with Gasteiger partial charge in [-0.25, -0.2) is 0 Å². The Balaban J connectivity index is 2.46. The summed E-state index contributed by atoms with van der Waals surface area (Å²) in [7, 11) is 0. The minimum absolute atomic E-state index is 0.0669. The zero-order chi connectivity index (χ0) is 19.4. The highest BCUT2D eigenvalue weighted by Gasteiger charge is 2.28. The molecule has 0 N–H and O–H groups in total. The number of hydrogen-bond acceptors (Lipinski definition) is 5. The number of ether oxygens (including phenoxy) is 2. The Labute approximate surface area is 159 Å². The molecule has 0 aliphatic carbocycles. The normalized spacial score (nSPS) is 16.2. The molecule has 1 aliphatic heterocycles. The Morgan fingerprint density at radius 2 is 1.65 bits per heavy atom. The number of carbonyl (C=O) groups excluding carboxylic acids is 2. The van der Waals surface area contributed by atoms with E-state index in [1.54, 1.807) is 0 Å². The number of likely N-dealkylation sites (tertiary alicyclic amines) is 1. The summed E-state index contributed by atoms with van der Waals surface area (Å²) in [5, 5.41) is 0. The van der Waals surface area contributed by atoms with Crippen LogP contribution >= 0.6 is 0 Å². The molecular weight excluding hydrogens is 332 g/mol. The number of Topliss-reactive ketones (excluding diaryl/α,β-unsaturated/α-hetero) is 1. The van der Waals surface area contributed by atoms with Crippen LogP contribution in [0.5, 0.6) is 0 Å². The van der Waals surface area contributed by atoms with Crippen LogP contribution in [0, 0.1) is 0 Å². The van der Waals surface area contributed by atoms with Crippen molar-refractivity contribution in [2.45, 2.75) is 71.9 Å². The average molecular weight is 371 g/mol. The number of ketones is 1. The van der Waals surface area contributed by atoms with Crippen LogP contribution in [0.2, 0.25) is 0 Å². The maximum atomic E-state index is 12.6. The molecule has 0 aromatic heterocycles. The third-order valence-electron chi connectivity index (χ3n) is 4.88. The van der Waals surface area contributed by atoms with Crippen LogP contribution in [0.25, 0.3) is 0 Å². The summed E-state index contributed by atoms with van der Waals surface area (Å²) in [5.74, 6) is 0.145. The summed E-state index contributed by atoms with van der Waals surface area (Å²) in [5.41, 5.74) is 0. The lowest BCUT2D eigenvalue weighted by molar-refractivity contribution is -0.137. The predicted molar refractivity (Wildman–Crippen MR) is 103 cm³/mol. The van der Waals surface area contributed by atoms with Crippen LogP contribution in [-0.2, 0) is 19.1 Å². The summed E-state index contributed by atoms with van der Waals surface area (Å²) in [4.78, 5) is 28.3. The number of nitrogens with zero attached hydrogens (tertiary/aromatic N) is 2. The van der Waals surface area contributed by atoms with Gasteiger partial charge in [0.2, 0.25) is 5.91 Å². The summed E-state index contributed by atoms with van der Waals surface area (Å²) >= 11 is 0. The van der Waals surface area contributed by atoms with Crippen molar-refractivity contribution >= 4 is 11.7 Å². The van der Waals surface area contributed by atoms with Crippen LogP contribution in [0.1, 0.15) is 59.8 Å². The van der Waals surface area contributed by atoms with Gasteiger partial charge in [-0.2, -0.15) is 0 Å². The van der Waals surface area contributed by atoms with E-state index in [2.05, 4.69) is 25.7 Å². The lowest BCUT2D eigenvalue weighted by Crippen LogP contribution is -2.49. The van der Waals surface area contributed by atoms with E-state index in [1.165, 1.54) is 6.92 Å². The standard InChI is InChI=1S/C20H38N2O4/c1-5-13-25-15-16-26-14-12-22(20(24)7-6-18(4)23)19-8-10-21(11-9-19)17(2)3/h17,19H,5-16H2,1-4H3. The second-order valence-electron chi connectivity index (χ2n) is 7.37. The minimum atomic E-state index is 0.0669. The van der Waals surface area contributed by atoms with E-state index < -0.39 is 0 Å². The van der Waals surface area contributed by atoms with Gasteiger partial charge >= 0.3 is 0 Å². The highest BCUT2D eigenvalue weighted by Crippen LogP contribution is 2.19. The Kier molecular flexibility index (Phi) is 11.7. The van der Waals surface area contributed by atoms with Crippen molar-refractivity contribution in [2.24, 2.45) is 0 Å². The highest BCUT2D eigenvalue weighted by atomic mass is 16.5. The molecule has 1 rings (SSSR count). The quantitative estimate of drug-likeness (QED) is 0.466. The molecule has 26 heavy (non-hydrogen) atoms. The van der Waals surface area contributed by atoms with E-state index in [0.29, 0.717) is 45.2 Å². The van der Waals surface area contributed by atoms with Gasteiger partial charge in [0, 0.05) is 51.2 Å². The fourth-order valence-electron chi connectivity index (χ4n) is 3.28. The first-order valence-electron chi connectivity index (χ1n) is 10.1. The third kappa shape index (κ3) is 9.10.